The molecule has 0 aromatic rings. The van der Waals surface area contributed by atoms with Gasteiger partial charge >= 0.3 is 18.0 Å². The van der Waals surface area contributed by atoms with Crippen molar-refractivity contribution in [1.82, 2.24) is 10.2 Å². The maximum Gasteiger partial charge on any atom is 0.325 e. The Morgan fingerprint density at radius 1 is 1.33 bits per heavy atom. The molecule has 0 radical (unpaired) electrons. The number of rotatable bonds is 6. The lowest BCUT2D eigenvalue weighted by atomic mass is 9.76. The summed E-state index contributed by atoms with van der Waals surface area (Å²) in [6.07, 6.45) is 2.53. The van der Waals surface area contributed by atoms with Crippen LogP contribution in [0.3, 0.4) is 0 Å². The Kier molecular flexibility index (Phi) is 6.45. The number of amides is 2. The van der Waals surface area contributed by atoms with E-state index in [1.54, 1.807) is 6.92 Å². The van der Waals surface area contributed by atoms with Crippen LogP contribution in [0.2, 0.25) is 0 Å². The first kappa shape index (κ1) is 17.3. The highest BCUT2D eigenvalue weighted by atomic mass is 16.5. The van der Waals surface area contributed by atoms with Crippen LogP contribution in [0.1, 0.15) is 39.5 Å². The molecule has 1 aliphatic rings. The fourth-order valence-corrected chi connectivity index (χ4v) is 2.74. The summed E-state index contributed by atoms with van der Waals surface area (Å²) in [6.45, 7) is 4.38. The number of hydrogen-bond acceptors (Lipinski definition) is 4. The van der Waals surface area contributed by atoms with Crippen LogP contribution < -0.4 is 5.32 Å². The Hall–Kier alpha value is -1.79. The van der Waals surface area contributed by atoms with Gasteiger partial charge in [-0.3, -0.25) is 9.59 Å². The number of carboxylic acid groups (broad SMARTS) is 1. The normalized spacial score (nSPS) is 21.7. The van der Waals surface area contributed by atoms with Crippen LogP contribution in [0.4, 0.5) is 4.79 Å². The molecule has 0 aliphatic carbocycles. The molecule has 1 unspecified atom stereocenters. The van der Waals surface area contributed by atoms with Gasteiger partial charge in [0.25, 0.3) is 0 Å². The fourth-order valence-electron chi connectivity index (χ4n) is 2.74. The number of carboxylic acids is 1. The van der Waals surface area contributed by atoms with Gasteiger partial charge in [0.1, 0.15) is 6.54 Å². The van der Waals surface area contributed by atoms with Crippen LogP contribution >= 0.6 is 0 Å². The molecule has 1 heterocycles. The Labute approximate surface area is 124 Å². The molecule has 0 saturated carbocycles. The number of ether oxygens (including phenoxy) is 1. The summed E-state index contributed by atoms with van der Waals surface area (Å²) < 4.78 is 4.73. The first-order valence-corrected chi connectivity index (χ1v) is 7.37. The number of hydrogen-bond donors (Lipinski definition) is 2. The molecular weight excluding hydrogens is 276 g/mol. The molecule has 0 aromatic carbocycles. The van der Waals surface area contributed by atoms with E-state index in [-0.39, 0.29) is 19.7 Å². The first-order valence-electron chi connectivity index (χ1n) is 7.37. The van der Waals surface area contributed by atoms with Crippen molar-refractivity contribution >= 4 is 18.0 Å². The molecule has 0 bridgehead atoms. The number of likely N-dealkylation sites (tertiary alicyclic amines) is 1. The number of nitrogens with one attached hydrogen (secondary N) is 1. The van der Waals surface area contributed by atoms with Gasteiger partial charge in [-0.25, -0.2) is 4.79 Å². The average Bonchev–Trinajstić information content (AvgIpc) is 2.45. The minimum atomic E-state index is -0.867. The third-order valence-corrected chi connectivity index (χ3v) is 3.74. The summed E-state index contributed by atoms with van der Waals surface area (Å²) in [5.74, 6) is -1.35. The van der Waals surface area contributed by atoms with Gasteiger partial charge in [-0.1, -0.05) is 13.3 Å². The van der Waals surface area contributed by atoms with E-state index in [0.717, 1.165) is 6.42 Å². The molecule has 0 spiro atoms. The summed E-state index contributed by atoms with van der Waals surface area (Å²) >= 11 is 0. The average molecular weight is 300 g/mol. The molecule has 1 atom stereocenters. The number of aliphatic carboxylic acids is 1. The number of esters is 1. The number of carbonyl (C=O) groups excluding carboxylic acids is 2. The van der Waals surface area contributed by atoms with Gasteiger partial charge in [-0.2, -0.15) is 0 Å². The standard InChI is InChI=1S/C14H24N2O5/c1-3-6-14(12(18)19)7-5-8-16(10-14)13(20)15-9-11(17)21-4-2/h3-10H2,1-2H3,(H,15,20)(H,18,19). The quantitative estimate of drug-likeness (QED) is 0.719. The van der Waals surface area contributed by atoms with Crippen molar-refractivity contribution in [2.24, 2.45) is 5.41 Å². The number of urea groups is 1. The Morgan fingerprint density at radius 3 is 2.62 bits per heavy atom. The third-order valence-electron chi connectivity index (χ3n) is 3.74. The minimum absolute atomic E-state index is 0.185. The minimum Gasteiger partial charge on any atom is -0.481 e. The lowest BCUT2D eigenvalue weighted by Gasteiger charge is -2.39. The van der Waals surface area contributed by atoms with Crippen molar-refractivity contribution in [3.05, 3.63) is 0 Å². The molecule has 1 aliphatic heterocycles. The summed E-state index contributed by atoms with van der Waals surface area (Å²) in [5.41, 5.74) is -0.867. The molecular formula is C14H24N2O5. The van der Waals surface area contributed by atoms with Gasteiger partial charge in [0.05, 0.1) is 12.0 Å². The predicted octanol–water partition coefficient (Wildman–Crippen LogP) is 1.23. The molecule has 0 aromatic heterocycles. The lowest BCUT2D eigenvalue weighted by Crippen LogP contribution is -2.53. The van der Waals surface area contributed by atoms with Gasteiger partial charge in [-0.15, -0.1) is 0 Å². The number of carbonyl (C=O) groups is 3. The Bertz CT molecular complexity index is 395. The molecule has 7 heteroatoms. The summed E-state index contributed by atoms with van der Waals surface area (Å²) in [5, 5.41) is 12.0. The van der Waals surface area contributed by atoms with Crippen LogP contribution in [-0.2, 0) is 14.3 Å². The van der Waals surface area contributed by atoms with Crippen molar-refractivity contribution in [2.75, 3.05) is 26.2 Å². The molecule has 1 saturated heterocycles. The van der Waals surface area contributed by atoms with Gasteiger partial charge in [0.15, 0.2) is 0 Å². The van der Waals surface area contributed by atoms with E-state index in [0.29, 0.717) is 25.8 Å². The number of piperidine rings is 1. The fraction of sp³-hybridized carbons (Fsp3) is 0.786. The van der Waals surface area contributed by atoms with E-state index < -0.39 is 23.4 Å². The van der Waals surface area contributed by atoms with Crippen molar-refractivity contribution in [2.45, 2.75) is 39.5 Å². The van der Waals surface area contributed by atoms with Crippen LogP contribution in [0, 0.1) is 5.41 Å². The highest BCUT2D eigenvalue weighted by molar-refractivity contribution is 5.82. The van der Waals surface area contributed by atoms with Crippen molar-refractivity contribution in [1.29, 1.82) is 0 Å². The first-order chi connectivity index (χ1) is 9.95. The molecule has 21 heavy (non-hydrogen) atoms. The second-order valence-corrected chi connectivity index (χ2v) is 5.32. The second-order valence-electron chi connectivity index (χ2n) is 5.32. The predicted molar refractivity (Wildman–Crippen MR) is 75.8 cm³/mol. The lowest BCUT2D eigenvalue weighted by molar-refractivity contribution is -0.152. The summed E-state index contributed by atoms with van der Waals surface area (Å²) in [7, 11) is 0. The maximum absolute atomic E-state index is 12.0. The molecule has 120 valence electrons. The Balaban J connectivity index is 2.60. The van der Waals surface area contributed by atoms with E-state index in [9.17, 15) is 19.5 Å². The maximum atomic E-state index is 12.0. The second kappa shape index (κ2) is 7.85. The van der Waals surface area contributed by atoms with E-state index in [4.69, 9.17) is 4.74 Å². The van der Waals surface area contributed by atoms with Gasteiger partial charge < -0.3 is 20.1 Å². The molecule has 1 rings (SSSR count). The molecule has 7 nitrogen and oxygen atoms in total. The summed E-state index contributed by atoms with van der Waals surface area (Å²) in [4.78, 5) is 36.3. The SMILES string of the molecule is CCCC1(C(=O)O)CCCN(C(=O)NCC(=O)OCC)C1. The van der Waals surface area contributed by atoms with E-state index >= 15 is 0 Å². The van der Waals surface area contributed by atoms with E-state index in [1.807, 2.05) is 6.92 Å². The monoisotopic (exact) mass is 300 g/mol. The zero-order valence-corrected chi connectivity index (χ0v) is 12.7. The van der Waals surface area contributed by atoms with Crippen molar-refractivity contribution in [3.63, 3.8) is 0 Å². The largest absolute Gasteiger partial charge is 0.481 e. The highest BCUT2D eigenvalue weighted by Crippen LogP contribution is 2.35. The van der Waals surface area contributed by atoms with Crippen LogP contribution in [0.5, 0.6) is 0 Å². The van der Waals surface area contributed by atoms with Crippen molar-refractivity contribution in [3.8, 4) is 0 Å². The van der Waals surface area contributed by atoms with Crippen molar-refractivity contribution < 1.29 is 24.2 Å². The summed E-state index contributed by atoms with van der Waals surface area (Å²) in [6, 6.07) is -0.413. The topological polar surface area (TPSA) is 95.9 Å². The zero-order chi connectivity index (χ0) is 15.9. The highest BCUT2D eigenvalue weighted by Gasteiger charge is 2.42. The van der Waals surface area contributed by atoms with Crippen LogP contribution in [0.15, 0.2) is 0 Å². The van der Waals surface area contributed by atoms with Gasteiger partial charge in [-0.05, 0) is 26.2 Å². The smallest absolute Gasteiger partial charge is 0.325 e. The third kappa shape index (κ3) is 4.61. The van der Waals surface area contributed by atoms with Crippen LogP contribution in [-0.4, -0.2) is 54.2 Å². The molecule has 2 amide bonds. The van der Waals surface area contributed by atoms with E-state index in [1.165, 1.54) is 4.90 Å². The Morgan fingerprint density at radius 2 is 2.05 bits per heavy atom. The van der Waals surface area contributed by atoms with E-state index in [2.05, 4.69) is 5.32 Å². The molecule has 1 fully saturated rings. The number of nitrogens with zero attached hydrogens (tertiary/aromatic N) is 1. The zero-order valence-electron chi connectivity index (χ0n) is 12.7. The molecule has 2 N–H and O–H groups in total. The van der Waals surface area contributed by atoms with Gasteiger partial charge in [0.2, 0.25) is 0 Å². The van der Waals surface area contributed by atoms with Crippen LogP contribution in [0.25, 0.3) is 0 Å². The van der Waals surface area contributed by atoms with Gasteiger partial charge in [0, 0.05) is 13.1 Å².